The Hall–Kier alpha value is -1.59. The highest BCUT2D eigenvalue weighted by Gasteiger charge is 2.03. The Bertz CT molecular complexity index is 329. The number of hydrogen-bond acceptors (Lipinski definition) is 6. The quantitative estimate of drug-likeness (QED) is 0.710. The van der Waals surface area contributed by atoms with Crippen molar-refractivity contribution in [3.8, 4) is 6.01 Å². The van der Waals surface area contributed by atoms with E-state index in [4.69, 9.17) is 10.5 Å². The topological polar surface area (TPSA) is 86.0 Å². The van der Waals surface area contributed by atoms with Crippen LogP contribution in [0.4, 0.5) is 11.9 Å². The lowest BCUT2D eigenvalue weighted by Crippen LogP contribution is -2.09. The lowest BCUT2D eigenvalue weighted by molar-refractivity contribution is 0.379. The molecule has 0 unspecified atom stereocenters. The normalized spacial score (nSPS) is 10.5. The third-order valence-electron chi connectivity index (χ3n) is 2.06. The van der Waals surface area contributed by atoms with Gasteiger partial charge in [0, 0.05) is 6.54 Å². The molecule has 0 spiro atoms. The zero-order chi connectivity index (χ0) is 12.0. The van der Waals surface area contributed by atoms with E-state index < -0.39 is 0 Å². The first-order valence-corrected chi connectivity index (χ1v) is 5.41. The molecule has 0 aromatic carbocycles. The van der Waals surface area contributed by atoms with Crippen LogP contribution < -0.4 is 15.8 Å². The van der Waals surface area contributed by atoms with Gasteiger partial charge in [-0.05, 0) is 18.8 Å². The van der Waals surface area contributed by atoms with Gasteiger partial charge in [0.25, 0.3) is 0 Å². The van der Waals surface area contributed by atoms with Crippen molar-refractivity contribution < 1.29 is 4.74 Å². The zero-order valence-electron chi connectivity index (χ0n) is 10.0. The highest BCUT2D eigenvalue weighted by molar-refractivity contribution is 5.32. The minimum absolute atomic E-state index is 0.165. The monoisotopic (exact) mass is 225 g/mol. The molecule has 1 rings (SSSR count). The fourth-order valence-electron chi connectivity index (χ4n) is 1.25. The molecule has 0 bridgehead atoms. The molecular formula is C10H19N5O. The zero-order valence-corrected chi connectivity index (χ0v) is 10.0. The number of nitrogen functional groups attached to an aromatic ring is 1. The van der Waals surface area contributed by atoms with Crippen molar-refractivity contribution in [1.29, 1.82) is 0 Å². The van der Waals surface area contributed by atoms with E-state index in [0.29, 0.717) is 11.9 Å². The van der Waals surface area contributed by atoms with Crippen LogP contribution in [0.1, 0.15) is 26.7 Å². The van der Waals surface area contributed by atoms with Crippen LogP contribution in [0.15, 0.2) is 0 Å². The van der Waals surface area contributed by atoms with Crippen LogP contribution in [0.5, 0.6) is 6.01 Å². The van der Waals surface area contributed by atoms with E-state index in [1.165, 1.54) is 13.5 Å². The minimum Gasteiger partial charge on any atom is -0.467 e. The second kappa shape index (κ2) is 6.09. The van der Waals surface area contributed by atoms with Crippen LogP contribution in [0.25, 0.3) is 0 Å². The third-order valence-corrected chi connectivity index (χ3v) is 2.06. The van der Waals surface area contributed by atoms with Gasteiger partial charge in [-0.3, -0.25) is 0 Å². The molecule has 0 aliphatic carbocycles. The molecule has 0 aliphatic rings. The maximum atomic E-state index is 5.51. The molecule has 3 N–H and O–H groups in total. The van der Waals surface area contributed by atoms with E-state index in [9.17, 15) is 0 Å². The summed E-state index contributed by atoms with van der Waals surface area (Å²) in [4.78, 5) is 11.8. The minimum atomic E-state index is 0.165. The Morgan fingerprint density at radius 1 is 1.31 bits per heavy atom. The molecule has 6 heteroatoms. The van der Waals surface area contributed by atoms with Crippen LogP contribution in [0, 0.1) is 5.92 Å². The average molecular weight is 225 g/mol. The van der Waals surface area contributed by atoms with E-state index in [2.05, 4.69) is 34.1 Å². The fourth-order valence-corrected chi connectivity index (χ4v) is 1.25. The predicted octanol–water partition coefficient (Wildman–Crippen LogP) is 1.31. The predicted molar refractivity (Wildman–Crippen MR) is 63.4 cm³/mol. The number of methoxy groups -OCH3 is 1. The van der Waals surface area contributed by atoms with Crippen LogP contribution in [-0.2, 0) is 0 Å². The third kappa shape index (κ3) is 4.29. The molecule has 6 nitrogen and oxygen atoms in total. The Balaban J connectivity index is 2.44. The van der Waals surface area contributed by atoms with E-state index in [-0.39, 0.29) is 12.0 Å². The van der Waals surface area contributed by atoms with Crippen molar-refractivity contribution >= 4 is 11.9 Å². The first-order valence-electron chi connectivity index (χ1n) is 5.41. The highest BCUT2D eigenvalue weighted by Crippen LogP contribution is 2.09. The second-order valence-corrected chi connectivity index (χ2v) is 3.97. The first-order chi connectivity index (χ1) is 7.61. The van der Waals surface area contributed by atoms with Crippen LogP contribution in [-0.4, -0.2) is 28.6 Å². The van der Waals surface area contributed by atoms with Gasteiger partial charge in [0.2, 0.25) is 11.9 Å². The molecule has 1 aromatic heterocycles. The number of nitrogens with one attached hydrogen (secondary N) is 1. The van der Waals surface area contributed by atoms with Gasteiger partial charge in [0.1, 0.15) is 0 Å². The summed E-state index contributed by atoms with van der Waals surface area (Å²) in [6.45, 7) is 5.22. The molecule has 0 fully saturated rings. The molecule has 0 amide bonds. The van der Waals surface area contributed by atoms with Gasteiger partial charge in [-0.2, -0.15) is 15.0 Å². The molecule has 1 heterocycles. The number of nitrogens with zero attached hydrogens (tertiary/aromatic N) is 3. The lowest BCUT2D eigenvalue weighted by atomic mass is 10.1. The fraction of sp³-hybridized carbons (Fsp3) is 0.700. The Morgan fingerprint density at radius 2 is 2.06 bits per heavy atom. The number of ether oxygens (including phenoxy) is 1. The van der Waals surface area contributed by atoms with E-state index in [1.807, 2.05) is 0 Å². The Kier molecular flexibility index (Phi) is 4.75. The first kappa shape index (κ1) is 12.5. The number of aromatic nitrogens is 3. The SMILES string of the molecule is COc1nc(N)nc(NCCCC(C)C)n1. The van der Waals surface area contributed by atoms with Crippen LogP contribution >= 0.6 is 0 Å². The van der Waals surface area contributed by atoms with Gasteiger partial charge in [-0.15, -0.1) is 0 Å². The Morgan fingerprint density at radius 3 is 2.69 bits per heavy atom. The maximum absolute atomic E-state index is 5.51. The number of rotatable bonds is 6. The molecular weight excluding hydrogens is 206 g/mol. The van der Waals surface area contributed by atoms with Gasteiger partial charge < -0.3 is 15.8 Å². The summed E-state index contributed by atoms with van der Waals surface area (Å²) in [5, 5.41) is 3.09. The molecule has 16 heavy (non-hydrogen) atoms. The molecule has 0 aliphatic heterocycles. The number of anilines is 2. The van der Waals surface area contributed by atoms with E-state index in [1.54, 1.807) is 0 Å². The van der Waals surface area contributed by atoms with E-state index >= 15 is 0 Å². The van der Waals surface area contributed by atoms with Gasteiger partial charge in [0.05, 0.1) is 7.11 Å². The second-order valence-electron chi connectivity index (χ2n) is 3.97. The summed E-state index contributed by atoms with van der Waals surface area (Å²) in [5.41, 5.74) is 5.51. The summed E-state index contributed by atoms with van der Waals surface area (Å²) in [5.74, 6) is 1.34. The molecule has 0 saturated carbocycles. The number of nitrogens with two attached hydrogens (primary N) is 1. The van der Waals surface area contributed by atoms with Crippen LogP contribution in [0.2, 0.25) is 0 Å². The molecule has 0 saturated heterocycles. The summed E-state index contributed by atoms with van der Waals surface area (Å²) >= 11 is 0. The van der Waals surface area contributed by atoms with Crippen molar-refractivity contribution in [2.24, 2.45) is 5.92 Å². The van der Waals surface area contributed by atoms with Gasteiger partial charge in [-0.25, -0.2) is 0 Å². The summed E-state index contributed by atoms with van der Waals surface area (Å²) in [6, 6.07) is 0.235. The maximum Gasteiger partial charge on any atom is 0.322 e. The standard InChI is InChI=1S/C10H19N5O/c1-7(2)5-4-6-12-9-13-8(11)14-10(15-9)16-3/h7H,4-6H2,1-3H3,(H3,11,12,13,14,15). The molecule has 90 valence electrons. The van der Waals surface area contributed by atoms with Crippen molar-refractivity contribution in [3.63, 3.8) is 0 Å². The van der Waals surface area contributed by atoms with Crippen molar-refractivity contribution in [3.05, 3.63) is 0 Å². The Labute approximate surface area is 95.6 Å². The van der Waals surface area contributed by atoms with E-state index in [0.717, 1.165) is 13.0 Å². The highest BCUT2D eigenvalue weighted by atomic mass is 16.5. The smallest absolute Gasteiger partial charge is 0.322 e. The van der Waals surface area contributed by atoms with Crippen LogP contribution in [0.3, 0.4) is 0 Å². The molecule has 1 aromatic rings. The largest absolute Gasteiger partial charge is 0.467 e. The van der Waals surface area contributed by atoms with Crippen molar-refractivity contribution in [2.45, 2.75) is 26.7 Å². The summed E-state index contributed by atoms with van der Waals surface area (Å²) in [7, 11) is 1.50. The summed E-state index contributed by atoms with van der Waals surface area (Å²) < 4.78 is 4.90. The van der Waals surface area contributed by atoms with Gasteiger partial charge in [-0.1, -0.05) is 13.8 Å². The van der Waals surface area contributed by atoms with Crippen molar-refractivity contribution in [1.82, 2.24) is 15.0 Å². The molecule has 0 radical (unpaired) electrons. The number of hydrogen-bond donors (Lipinski definition) is 2. The molecule has 0 atom stereocenters. The van der Waals surface area contributed by atoms with Gasteiger partial charge >= 0.3 is 6.01 Å². The van der Waals surface area contributed by atoms with Crippen molar-refractivity contribution in [2.75, 3.05) is 24.7 Å². The summed E-state index contributed by atoms with van der Waals surface area (Å²) in [6.07, 6.45) is 2.25. The average Bonchev–Trinajstić information content (AvgIpc) is 2.23. The lowest BCUT2D eigenvalue weighted by Gasteiger charge is -2.07. The van der Waals surface area contributed by atoms with Gasteiger partial charge in [0.15, 0.2) is 0 Å².